The molecule has 0 aliphatic heterocycles. The summed E-state index contributed by atoms with van der Waals surface area (Å²) in [7, 11) is 0. The molecule has 0 saturated carbocycles. The molecule has 1 atom stereocenters. The molecule has 0 fully saturated rings. The fourth-order valence-corrected chi connectivity index (χ4v) is 3.73. The van der Waals surface area contributed by atoms with Gasteiger partial charge in [0.1, 0.15) is 5.78 Å². The van der Waals surface area contributed by atoms with Crippen molar-refractivity contribution < 1.29 is 9.59 Å². The normalized spacial score (nSPS) is 12.3. The van der Waals surface area contributed by atoms with Crippen LogP contribution >= 0.6 is 0 Å². The smallest absolute Gasteiger partial charge is 0.219 e. The molecular formula is C25H50N2O2. The minimum atomic E-state index is -0.0351. The second-order valence-electron chi connectivity index (χ2n) is 8.83. The molecule has 0 rings (SSSR count). The zero-order valence-electron chi connectivity index (χ0n) is 20.0. The van der Waals surface area contributed by atoms with Gasteiger partial charge in [-0.25, -0.2) is 0 Å². The Bertz CT molecular complexity index is 396. The molecule has 1 amide bonds. The number of carbonyl (C=O) groups excluding carboxylic acids is 2. The van der Waals surface area contributed by atoms with E-state index < -0.39 is 0 Å². The number of hydrogen-bond donors (Lipinski definition) is 2. The van der Waals surface area contributed by atoms with Crippen molar-refractivity contribution in [2.45, 2.75) is 143 Å². The molecule has 0 bridgehead atoms. The average molecular weight is 411 g/mol. The first-order valence-corrected chi connectivity index (χ1v) is 12.6. The van der Waals surface area contributed by atoms with E-state index in [-0.39, 0.29) is 11.9 Å². The Morgan fingerprint density at radius 2 is 1.28 bits per heavy atom. The van der Waals surface area contributed by atoms with Gasteiger partial charge >= 0.3 is 0 Å². The number of carbonyl (C=O) groups is 2. The van der Waals surface area contributed by atoms with Gasteiger partial charge in [0, 0.05) is 25.4 Å². The maximum absolute atomic E-state index is 12.0. The first kappa shape index (κ1) is 28.1. The zero-order valence-corrected chi connectivity index (χ0v) is 20.0. The van der Waals surface area contributed by atoms with Crippen molar-refractivity contribution in [3.05, 3.63) is 0 Å². The van der Waals surface area contributed by atoms with E-state index in [2.05, 4.69) is 31.4 Å². The minimum absolute atomic E-state index is 0.0351. The Balaban J connectivity index is 3.50. The summed E-state index contributed by atoms with van der Waals surface area (Å²) in [4.78, 5) is 23.9. The molecule has 4 heteroatoms. The van der Waals surface area contributed by atoms with Crippen LogP contribution in [-0.4, -0.2) is 30.3 Å². The van der Waals surface area contributed by atoms with E-state index in [1.54, 1.807) is 0 Å². The molecule has 0 aromatic heterocycles. The highest BCUT2D eigenvalue weighted by Gasteiger charge is 2.16. The molecule has 2 N–H and O–H groups in total. The zero-order chi connectivity index (χ0) is 21.7. The van der Waals surface area contributed by atoms with Crippen LogP contribution in [-0.2, 0) is 9.59 Å². The number of Topliss-reactive ketones (excluding diaryl/α,β-unsaturated/α-hetero) is 1. The highest BCUT2D eigenvalue weighted by Crippen LogP contribution is 2.12. The molecular weight excluding hydrogens is 360 g/mol. The van der Waals surface area contributed by atoms with Gasteiger partial charge in [0.25, 0.3) is 0 Å². The molecule has 172 valence electrons. The topological polar surface area (TPSA) is 58.2 Å². The average Bonchev–Trinajstić information content (AvgIpc) is 2.70. The molecule has 4 nitrogen and oxygen atoms in total. The number of nitrogens with one attached hydrogen (secondary N) is 2. The Kier molecular flexibility index (Phi) is 19.7. The van der Waals surface area contributed by atoms with Gasteiger partial charge in [-0.1, -0.05) is 91.9 Å². The number of amides is 1. The Morgan fingerprint density at radius 3 is 1.79 bits per heavy atom. The quantitative estimate of drug-likeness (QED) is 0.218. The van der Waals surface area contributed by atoms with Gasteiger partial charge in [-0.15, -0.1) is 0 Å². The lowest BCUT2D eigenvalue weighted by atomic mass is 10.0. The predicted molar refractivity (Wildman–Crippen MR) is 125 cm³/mol. The van der Waals surface area contributed by atoms with E-state index in [0.29, 0.717) is 24.7 Å². The molecule has 0 aromatic rings. The first-order valence-electron chi connectivity index (χ1n) is 12.6. The fourth-order valence-electron chi connectivity index (χ4n) is 3.73. The van der Waals surface area contributed by atoms with Gasteiger partial charge in [-0.05, 0) is 25.7 Å². The molecule has 0 radical (unpaired) electrons. The summed E-state index contributed by atoms with van der Waals surface area (Å²) in [6.45, 7) is 9.06. The van der Waals surface area contributed by atoms with Crippen LogP contribution in [0.1, 0.15) is 130 Å². The van der Waals surface area contributed by atoms with E-state index in [0.717, 1.165) is 32.2 Å². The van der Waals surface area contributed by atoms with Crippen molar-refractivity contribution in [3.63, 3.8) is 0 Å². The Hall–Kier alpha value is -0.900. The lowest BCUT2D eigenvalue weighted by Gasteiger charge is -2.19. The maximum atomic E-state index is 12.0. The second kappa shape index (κ2) is 20.4. The van der Waals surface area contributed by atoms with Crippen molar-refractivity contribution >= 4 is 11.7 Å². The van der Waals surface area contributed by atoms with Gasteiger partial charge in [0.2, 0.25) is 5.91 Å². The monoisotopic (exact) mass is 410 g/mol. The van der Waals surface area contributed by atoms with Gasteiger partial charge in [-0.2, -0.15) is 0 Å². The summed E-state index contributed by atoms with van der Waals surface area (Å²) in [6, 6.07) is 0.285. The summed E-state index contributed by atoms with van der Waals surface area (Å²) in [5, 5.41) is 6.39. The number of unbranched alkanes of at least 4 members (excludes halogenated alkanes) is 11. The molecule has 0 spiro atoms. The Labute approximate surface area is 181 Å². The van der Waals surface area contributed by atoms with Crippen LogP contribution in [0.3, 0.4) is 0 Å². The summed E-state index contributed by atoms with van der Waals surface area (Å²) in [6.07, 6.45) is 18.4. The lowest BCUT2D eigenvalue weighted by molar-refractivity contribution is -0.122. The van der Waals surface area contributed by atoms with Gasteiger partial charge < -0.3 is 10.6 Å². The van der Waals surface area contributed by atoms with Gasteiger partial charge in [-0.3, -0.25) is 9.59 Å². The third-order valence-electron chi connectivity index (χ3n) is 5.52. The van der Waals surface area contributed by atoms with Crippen LogP contribution in [0.25, 0.3) is 0 Å². The van der Waals surface area contributed by atoms with Crippen LogP contribution in [0.2, 0.25) is 0 Å². The van der Waals surface area contributed by atoms with Crippen LogP contribution in [0, 0.1) is 0 Å². The summed E-state index contributed by atoms with van der Waals surface area (Å²) in [5.74, 6) is 0.474. The van der Waals surface area contributed by atoms with Gasteiger partial charge in [0.05, 0.1) is 6.04 Å². The third-order valence-corrected chi connectivity index (χ3v) is 5.52. The molecule has 0 saturated heterocycles. The van der Waals surface area contributed by atoms with E-state index in [9.17, 15) is 9.59 Å². The van der Waals surface area contributed by atoms with Crippen molar-refractivity contribution in [1.29, 1.82) is 0 Å². The second-order valence-corrected chi connectivity index (χ2v) is 8.83. The standard InChI is InChI=1S/C25H50N2O2/c1-5-7-8-9-10-11-12-13-14-15-16-20-25(29)26-21-18-17-19-23(24(28)6-2)27-22(3)4/h22-23,27H,5-21H2,1-4H3,(H,26,29)/t23-/m0/s1. The summed E-state index contributed by atoms with van der Waals surface area (Å²) in [5.41, 5.74) is 0. The molecule has 29 heavy (non-hydrogen) atoms. The largest absolute Gasteiger partial charge is 0.356 e. The van der Waals surface area contributed by atoms with Crippen LogP contribution < -0.4 is 10.6 Å². The van der Waals surface area contributed by atoms with E-state index >= 15 is 0 Å². The summed E-state index contributed by atoms with van der Waals surface area (Å²) >= 11 is 0. The van der Waals surface area contributed by atoms with Crippen molar-refractivity contribution in [1.82, 2.24) is 10.6 Å². The van der Waals surface area contributed by atoms with Crippen LogP contribution in [0.15, 0.2) is 0 Å². The van der Waals surface area contributed by atoms with E-state index in [1.165, 1.54) is 64.2 Å². The minimum Gasteiger partial charge on any atom is -0.356 e. The highest BCUT2D eigenvalue weighted by atomic mass is 16.1. The van der Waals surface area contributed by atoms with Gasteiger partial charge in [0.15, 0.2) is 0 Å². The Morgan fingerprint density at radius 1 is 0.724 bits per heavy atom. The number of hydrogen-bond acceptors (Lipinski definition) is 3. The predicted octanol–water partition coefficient (Wildman–Crippen LogP) is 6.32. The van der Waals surface area contributed by atoms with E-state index in [1.807, 2.05) is 6.92 Å². The number of ketones is 1. The molecule has 0 heterocycles. The molecule has 0 unspecified atom stereocenters. The fraction of sp³-hybridized carbons (Fsp3) is 0.920. The SMILES string of the molecule is CCCCCCCCCCCCCC(=O)NCCCC[C@H](NC(C)C)C(=O)CC. The molecule has 0 aliphatic rings. The third kappa shape index (κ3) is 18.8. The van der Waals surface area contributed by atoms with Crippen molar-refractivity contribution in [3.8, 4) is 0 Å². The number of rotatable bonds is 21. The van der Waals surface area contributed by atoms with E-state index in [4.69, 9.17) is 0 Å². The summed E-state index contributed by atoms with van der Waals surface area (Å²) < 4.78 is 0. The van der Waals surface area contributed by atoms with Crippen LogP contribution in [0.4, 0.5) is 0 Å². The van der Waals surface area contributed by atoms with Crippen LogP contribution in [0.5, 0.6) is 0 Å². The van der Waals surface area contributed by atoms with Crippen molar-refractivity contribution in [2.75, 3.05) is 6.54 Å². The molecule has 0 aromatic carbocycles. The molecule has 0 aliphatic carbocycles. The van der Waals surface area contributed by atoms with Crippen molar-refractivity contribution in [2.24, 2.45) is 0 Å². The first-order chi connectivity index (χ1) is 14.0. The maximum Gasteiger partial charge on any atom is 0.219 e. The highest BCUT2D eigenvalue weighted by molar-refractivity contribution is 5.83. The lowest BCUT2D eigenvalue weighted by Crippen LogP contribution is -2.40.